The van der Waals surface area contributed by atoms with Crippen LogP contribution < -0.4 is 16.4 Å². The zero-order valence-corrected chi connectivity index (χ0v) is 10.8. The van der Waals surface area contributed by atoms with E-state index in [1.165, 1.54) is 6.07 Å². The Kier molecular flexibility index (Phi) is 3.89. The van der Waals surface area contributed by atoms with Crippen molar-refractivity contribution in [3.05, 3.63) is 29.3 Å². The average Bonchev–Trinajstić information content (AvgIpc) is 2.86. The summed E-state index contributed by atoms with van der Waals surface area (Å²) in [5.74, 6) is -0.870. The van der Waals surface area contributed by atoms with Crippen LogP contribution in [0.15, 0.2) is 18.2 Å². The first-order valence-corrected chi connectivity index (χ1v) is 6.27. The molecule has 1 unspecified atom stereocenters. The summed E-state index contributed by atoms with van der Waals surface area (Å²) in [5, 5.41) is 0. The molecule has 1 aromatic carbocycles. The molecule has 4 N–H and O–H groups in total. The Morgan fingerprint density at radius 2 is 2.10 bits per heavy atom. The van der Waals surface area contributed by atoms with E-state index in [2.05, 4.69) is 0 Å². The van der Waals surface area contributed by atoms with Crippen LogP contribution in [-0.2, 0) is 17.5 Å². The van der Waals surface area contributed by atoms with E-state index in [4.69, 9.17) is 11.5 Å². The van der Waals surface area contributed by atoms with Gasteiger partial charge in [-0.2, -0.15) is 13.2 Å². The van der Waals surface area contributed by atoms with Gasteiger partial charge in [0.15, 0.2) is 0 Å². The summed E-state index contributed by atoms with van der Waals surface area (Å²) in [5.41, 5.74) is 10.4. The lowest BCUT2D eigenvalue weighted by atomic mass is 10.1. The van der Waals surface area contributed by atoms with E-state index in [0.717, 1.165) is 6.07 Å². The Morgan fingerprint density at radius 1 is 1.40 bits per heavy atom. The van der Waals surface area contributed by atoms with Gasteiger partial charge in [-0.25, -0.2) is 0 Å². The minimum Gasteiger partial charge on any atom is -0.370 e. The van der Waals surface area contributed by atoms with E-state index in [9.17, 15) is 18.0 Å². The van der Waals surface area contributed by atoms with Gasteiger partial charge in [0, 0.05) is 25.3 Å². The van der Waals surface area contributed by atoms with Gasteiger partial charge in [-0.1, -0.05) is 6.07 Å². The second-order valence-corrected chi connectivity index (χ2v) is 4.89. The summed E-state index contributed by atoms with van der Waals surface area (Å²) in [4.78, 5) is 12.7. The second kappa shape index (κ2) is 5.32. The molecular formula is C13H16F3N3O. The van der Waals surface area contributed by atoms with Gasteiger partial charge in [-0.05, 0) is 24.1 Å². The van der Waals surface area contributed by atoms with Gasteiger partial charge in [0.05, 0.1) is 11.5 Å². The molecule has 0 radical (unpaired) electrons. The minimum absolute atomic E-state index is 0.0489. The molecule has 1 saturated heterocycles. The third-order valence-corrected chi connectivity index (χ3v) is 3.53. The highest BCUT2D eigenvalue weighted by Gasteiger charge is 2.37. The number of halogens is 3. The van der Waals surface area contributed by atoms with Gasteiger partial charge in [0.1, 0.15) is 0 Å². The maximum Gasteiger partial charge on any atom is 0.418 e. The van der Waals surface area contributed by atoms with Crippen molar-refractivity contribution < 1.29 is 18.0 Å². The summed E-state index contributed by atoms with van der Waals surface area (Å²) in [6, 6.07) is 4.05. The Hall–Kier alpha value is -1.76. The highest BCUT2D eigenvalue weighted by molar-refractivity contribution is 5.78. The molecule has 0 bridgehead atoms. The molecule has 20 heavy (non-hydrogen) atoms. The number of hydrogen-bond acceptors (Lipinski definition) is 3. The number of carbonyl (C=O) groups is 1. The fourth-order valence-electron chi connectivity index (χ4n) is 2.42. The standard InChI is InChI=1S/C13H16F3N3O/c14-13(15,16)10-5-8(6-17)1-2-11(10)19-4-3-9(7-19)12(18)20/h1-2,5,9H,3-4,6-7,17H2,(H2,18,20). The Morgan fingerprint density at radius 3 is 2.60 bits per heavy atom. The fraction of sp³-hybridized carbons (Fsp3) is 0.462. The third kappa shape index (κ3) is 2.87. The van der Waals surface area contributed by atoms with Crippen LogP contribution in [0.5, 0.6) is 0 Å². The van der Waals surface area contributed by atoms with Crippen molar-refractivity contribution in [1.82, 2.24) is 0 Å². The van der Waals surface area contributed by atoms with Crippen molar-refractivity contribution >= 4 is 11.6 Å². The maximum absolute atomic E-state index is 13.1. The molecule has 1 aliphatic rings. The number of anilines is 1. The van der Waals surface area contributed by atoms with Crippen LogP contribution in [0.4, 0.5) is 18.9 Å². The molecule has 0 aliphatic carbocycles. The van der Waals surface area contributed by atoms with Crippen LogP contribution in [0.25, 0.3) is 0 Å². The van der Waals surface area contributed by atoms with Crippen molar-refractivity contribution in [2.45, 2.75) is 19.1 Å². The molecule has 2 rings (SSSR count). The molecule has 7 heteroatoms. The van der Waals surface area contributed by atoms with Crippen molar-refractivity contribution in [3.8, 4) is 0 Å². The minimum atomic E-state index is -4.45. The highest BCUT2D eigenvalue weighted by atomic mass is 19.4. The molecule has 0 aromatic heterocycles. The van der Waals surface area contributed by atoms with E-state index in [-0.39, 0.29) is 18.8 Å². The Bertz CT molecular complexity index is 516. The van der Waals surface area contributed by atoms with Gasteiger partial charge >= 0.3 is 6.18 Å². The number of benzene rings is 1. The predicted molar refractivity (Wildman–Crippen MR) is 68.8 cm³/mol. The van der Waals surface area contributed by atoms with Gasteiger partial charge < -0.3 is 16.4 Å². The molecule has 0 saturated carbocycles. The number of rotatable bonds is 3. The van der Waals surface area contributed by atoms with Crippen LogP contribution in [0.1, 0.15) is 17.5 Å². The van der Waals surface area contributed by atoms with E-state index in [1.807, 2.05) is 0 Å². The molecule has 1 aromatic rings. The first-order chi connectivity index (χ1) is 9.32. The molecule has 0 spiro atoms. The van der Waals surface area contributed by atoms with Gasteiger partial charge in [0.2, 0.25) is 5.91 Å². The monoisotopic (exact) mass is 287 g/mol. The van der Waals surface area contributed by atoms with Gasteiger partial charge in [-0.15, -0.1) is 0 Å². The lowest BCUT2D eigenvalue weighted by Crippen LogP contribution is -2.28. The number of primary amides is 1. The van der Waals surface area contributed by atoms with E-state index in [1.54, 1.807) is 11.0 Å². The molecule has 1 amide bonds. The molecule has 1 fully saturated rings. The predicted octanol–water partition coefficient (Wildman–Crippen LogP) is 1.48. The summed E-state index contributed by atoms with van der Waals surface area (Å²) in [6.45, 7) is 0.659. The first kappa shape index (κ1) is 14.6. The topological polar surface area (TPSA) is 72.3 Å². The quantitative estimate of drug-likeness (QED) is 0.884. The number of amides is 1. The number of alkyl halides is 3. The second-order valence-electron chi connectivity index (χ2n) is 4.89. The molecular weight excluding hydrogens is 271 g/mol. The van der Waals surface area contributed by atoms with Crippen molar-refractivity contribution in [3.63, 3.8) is 0 Å². The van der Waals surface area contributed by atoms with Gasteiger partial charge in [-0.3, -0.25) is 4.79 Å². The van der Waals surface area contributed by atoms with Crippen LogP contribution in [0, 0.1) is 5.92 Å². The molecule has 1 aliphatic heterocycles. The van der Waals surface area contributed by atoms with Crippen LogP contribution in [0.2, 0.25) is 0 Å². The lowest BCUT2D eigenvalue weighted by Gasteiger charge is -2.23. The number of carbonyl (C=O) groups excluding carboxylic acids is 1. The molecule has 1 atom stereocenters. The molecule has 1 heterocycles. The smallest absolute Gasteiger partial charge is 0.370 e. The molecule has 4 nitrogen and oxygen atoms in total. The SMILES string of the molecule is NCc1ccc(N2CCC(C(N)=O)C2)c(C(F)(F)F)c1. The summed E-state index contributed by atoms with van der Waals surface area (Å²) in [6.07, 6.45) is -3.98. The Balaban J connectivity index is 2.35. The summed E-state index contributed by atoms with van der Waals surface area (Å²) >= 11 is 0. The largest absolute Gasteiger partial charge is 0.418 e. The number of hydrogen-bond donors (Lipinski definition) is 2. The number of nitrogens with zero attached hydrogens (tertiary/aromatic N) is 1. The van der Waals surface area contributed by atoms with Crippen LogP contribution >= 0.6 is 0 Å². The van der Waals surface area contributed by atoms with Crippen molar-refractivity contribution in [2.24, 2.45) is 17.4 Å². The van der Waals surface area contributed by atoms with E-state index >= 15 is 0 Å². The van der Waals surface area contributed by atoms with E-state index in [0.29, 0.717) is 18.5 Å². The average molecular weight is 287 g/mol. The highest BCUT2D eigenvalue weighted by Crippen LogP contribution is 2.38. The van der Waals surface area contributed by atoms with Gasteiger partial charge in [0.25, 0.3) is 0 Å². The normalized spacial score (nSPS) is 19.4. The summed E-state index contributed by atoms with van der Waals surface area (Å²) < 4.78 is 39.3. The molecule has 110 valence electrons. The Labute approximate surface area is 114 Å². The first-order valence-electron chi connectivity index (χ1n) is 6.27. The summed E-state index contributed by atoms with van der Waals surface area (Å²) in [7, 11) is 0. The lowest BCUT2D eigenvalue weighted by molar-refractivity contribution is -0.137. The number of nitrogens with two attached hydrogens (primary N) is 2. The van der Waals surface area contributed by atoms with Crippen molar-refractivity contribution in [2.75, 3.05) is 18.0 Å². The van der Waals surface area contributed by atoms with Crippen molar-refractivity contribution in [1.29, 1.82) is 0 Å². The van der Waals surface area contributed by atoms with Crippen LogP contribution in [-0.4, -0.2) is 19.0 Å². The van der Waals surface area contributed by atoms with Crippen LogP contribution in [0.3, 0.4) is 0 Å². The fourth-order valence-corrected chi connectivity index (χ4v) is 2.42. The zero-order valence-electron chi connectivity index (χ0n) is 10.8. The zero-order chi connectivity index (χ0) is 14.9. The van der Waals surface area contributed by atoms with E-state index < -0.39 is 23.6 Å². The maximum atomic E-state index is 13.1. The third-order valence-electron chi connectivity index (χ3n) is 3.53.